The Morgan fingerprint density at radius 2 is 1.46 bits per heavy atom. The fourth-order valence-electron chi connectivity index (χ4n) is 2.99. The van der Waals surface area contributed by atoms with E-state index < -0.39 is 0 Å². The first-order valence-corrected chi connectivity index (χ1v) is 9.39. The number of amides is 1. The minimum Gasteiger partial charge on any atom is -0.497 e. The van der Waals surface area contributed by atoms with Gasteiger partial charge in [-0.1, -0.05) is 42.5 Å². The van der Waals surface area contributed by atoms with Crippen molar-refractivity contribution in [1.29, 1.82) is 0 Å². The van der Waals surface area contributed by atoms with Crippen molar-refractivity contribution in [3.63, 3.8) is 0 Å². The third-order valence-electron chi connectivity index (χ3n) is 4.46. The molecule has 4 heteroatoms. The van der Waals surface area contributed by atoms with Crippen LogP contribution in [-0.4, -0.2) is 19.6 Å². The molecule has 0 saturated heterocycles. The quantitative estimate of drug-likeness (QED) is 0.564. The monoisotopic (exact) mass is 375 g/mol. The summed E-state index contributed by atoms with van der Waals surface area (Å²) in [6, 6.07) is 25.3. The fourth-order valence-corrected chi connectivity index (χ4v) is 2.99. The Morgan fingerprint density at radius 3 is 2.07 bits per heavy atom. The van der Waals surface area contributed by atoms with Crippen LogP contribution in [0.25, 0.3) is 0 Å². The van der Waals surface area contributed by atoms with Crippen molar-refractivity contribution in [2.45, 2.75) is 19.9 Å². The molecule has 0 heterocycles. The van der Waals surface area contributed by atoms with E-state index in [1.54, 1.807) is 7.11 Å². The van der Waals surface area contributed by atoms with E-state index in [0.29, 0.717) is 19.6 Å². The summed E-state index contributed by atoms with van der Waals surface area (Å²) in [4.78, 5) is 15.0. The van der Waals surface area contributed by atoms with Crippen LogP contribution in [0.3, 0.4) is 0 Å². The molecule has 144 valence electrons. The normalized spacial score (nSPS) is 10.4. The van der Waals surface area contributed by atoms with Crippen LogP contribution in [0, 0.1) is 0 Å². The minimum atomic E-state index is 0.0400. The third kappa shape index (κ3) is 5.13. The van der Waals surface area contributed by atoms with Gasteiger partial charge in [0.1, 0.15) is 11.5 Å². The van der Waals surface area contributed by atoms with Crippen molar-refractivity contribution in [1.82, 2.24) is 0 Å². The summed E-state index contributed by atoms with van der Waals surface area (Å²) in [5.41, 5.74) is 2.89. The number of ether oxygens (including phenoxy) is 2. The Morgan fingerprint density at radius 1 is 0.821 bits per heavy atom. The minimum absolute atomic E-state index is 0.0400. The van der Waals surface area contributed by atoms with Crippen LogP contribution in [0.4, 0.5) is 5.69 Å². The van der Waals surface area contributed by atoms with Crippen LogP contribution in [0.2, 0.25) is 0 Å². The maximum atomic E-state index is 13.1. The molecule has 1 amide bonds. The molecule has 3 aromatic carbocycles. The van der Waals surface area contributed by atoms with E-state index in [2.05, 4.69) is 0 Å². The van der Waals surface area contributed by atoms with Gasteiger partial charge in [0, 0.05) is 5.69 Å². The maximum Gasteiger partial charge on any atom is 0.231 e. The van der Waals surface area contributed by atoms with Gasteiger partial charge in [0.05, 0.1) is 26.7 Å². The molecule has 0 N–H and O–H groups in total. The molecule has 28 heavy (non-hydrogen) atoms. The lowest BCUT2D eigenvalue weighted by molar-refractivity contribution is -0.118. The van der Waals surface area contributed by atoms with Crippen molar-refractivity contribution in [2.24, 2.45) is 0 Å². The molecule has 0 atom stereocenters. The Kier molecular flexibility index (Phi) is 6.68. The van der Waals surface area contributed by atoms with Gasteiger partial charge in [0.2, 0.25) is 5.91 Å². The third-order valence-corrected chi connectivity index (χ3v) is 4.46. The molecule has 0 aromatic heterocycles. The zero-order valence-electron chi connectivity index (χ0n) is 16.3. The molecule has 3 aromatic rings. The van der Waals surface area contributed by atoms with Gasteiger partial charge in [-0.3, -0.25) is 4.79 Å². The topological polar surface area (TPSA) is 38.8 Å². The number of anilines is 1. The van der Waals surface area contributed by atoms with Crippen LogP contribution < -0.4 is 14.4 Å². The number of benzene rings is 3. The summed E-state index contributed by atoms with van der Waals surface area (Å²) >= 11 is 0. The summed E-state index contributed by atoms with van der Waals surface area (Å²) in [5, 5.41) is 0. The number of methoxy groups -OCH3 is 1. The van der Waals surface area contributed by atoms with E-state index in [4.69, 9.17) is 9.47 Å². The van der Waals surface area contributed by atoms with Gasteiger partial charge >= 0.3 is 0 Å². The van der Waals surface area contributed by atoms with Gasteiger partial charge in [-0.05, 0) is 54.4 Å². The molecular formula is C24H25NO3. The molecule has 0 fully saturated rings. The van der Waals surface area contributed by atoms with Crippen molar-refractivity contribution >= 4 is 11.6 Å². The maximum absolute atomic E-state index is 13.1. The lowest BCUT2D eigenvalue weighted by atomic mass is 10.1. The SMILES string of the molecule is CCOc1ccc(N(Cc2ccccc2)C(=O)Cc2ccc(OC)cc2)cc1. The zero-order valence-corrected chi connectivity index (χ0v) is 16.3. The second-order valence-electron chi connectivity index (χ2n) is 6.42. The van der Waals surface area contributed by atoms with E-state index >= 15 is 0 Å². The largest absolute Gasteiger partial charge is 0.497 e. The van der Waals surface area contributed by atoms with Gasteiger partial charge in [-0.15, -0.1) is 0 Å². The first-order chi connectivity index (χ1) is 13.7. The molecule has 0 aliphatic rings. The molecular weight excluding hydrogens is 350 g/mol. The predicted molar refractivity (Wildman–Crippen MR) is 112 cm³/mol. The zero-order chi connectivity index (χ0) is 19.8. The molecule has 0 spiro atoms. The van der Waals surface area contributed by atoms with Gasteiger partial charge < -0.3 is 14.4 Å². The molecule has 0 bridgehead atoms. The number of carbonyl (C=O) groups is 1. The second kappa shape index (κ2) is 9.60. The highest BCUT2D eigenvalue weighted by Crippen LogP contribution is 2.23. The predicted octanol–water partition coefficient (Wildman–Crippen LogP) is 4.87. The highest BCUT2D eigenvalue weighted by molar-refractivity contribution is 5.94. The molecule has 3 rings (SSSR count). The summed E-state index contributed by atoms with van der Waals surface area (Å²) in [5.74, 6) is 1.62. The lowest BCUT2D eigenvalue weighted by Crippen LogP contribution is -2.31. The van der Waals surface area contributed by atoms with Crippen LogP contribution in [0.1, 0.15) is 18.1 Å². The van der Waals surface area contributed by atoms with Crippen LogP contribution in [0.15, 0.2) is 78.9 Å². The summed E-state index contributed by atoms with van der Waals surface area (Å²) in [7, 11) is 1.63. The van der Waals surface area contributed by atoms with Crippen LogP contribution in [-0.2, 0) is 17.8 Å². The van der Waals surface area contributed by atoms with Crippen molar-refractivity contribution < 1.29 is 14.3 Å². The standard InChI is InChI=1S/C24H25NO3/c1-3-28-23-15-11-21(12-16-23)25(18-20-7-5-4-6-8-20)24(26)17-19-9-13-22(27-2)14-10-19/h4-16H,3,17-18H2,1-2H3. The van der Waals surface area contributed by atoms with Gasteiger partial charge in [0.15, 0.2) is 0 Å². The molecule has 0 saturated carbocycles. The molecule has 0 aliphatic heterocycles. The number of nitrogens with zero attached hydrogens (tertiary/aromatic N) is 1. The fraction of sp³-hybridized carbons (Fsp3) is 0.208. The second-order valence-corrected chi connectivity index (χ2v) is 6.42. The molecule has 0 unspecified atom stereocenters. The Balaban J connectivity index is 1.82. The number of hydrogen-bond donors (Lipinski definition) is 0. The Labute approximate surface area is 166 Å². The Bertz CT molecular complexity index is 874. The van der Waals surface area contributed by atoms with Gasteiger partial charge in [-0.2, -0.15) is 0 Å². The van der Waals surface area contributed by atoms with Crippen LogP contribution >= 0.6 is 0 Å². The van der Waals surface area contributed by atoms with Crippen molar-refractivity contribution in [3.05, 3.63) is 90.0 Å². The summed E-state index contributed by atoms with van der Waals surface area (Å²) in [6.45, 7) is 3.08. The van der Waals surface area contributed by atoms with E-state index in [1.165, 1.54) is 0 Å². The van der Waals surface area contributed by atoms with Gasteiger partial charge in [0.25, 0.3) is 0 Å². The highest BCUT2D eigenvalue weighted by atomic mass is 16.5. The first kappa shape index (κ1) is 19.5. The van der Waals surface area contributed by atoms with E-state index in [9.17, 15) is 4.79 Å². The average molecular weight is 375 g/mol. The van der Waals surface area contributed by atoms with Crippen molar-refractivity contribution in [2.75, 3.05) is 18.6 Å². The van der Waals surface area contributed by atoms with Crippen molar-refractivity contribution in [3.8, 4) is 11.5 Å². The molecule has 0 aliphatic carbocycles. The summed E-state index contributed by atoms with van der Waals surface area (Å²) < 4.78 is 10.7. The number of rotatable bonds is 8. The molecule has 4 nitrogen and oxygen atoms in total. The summed E-state index contributed by atoms with van der Waals surface area (Å²) in [6.07, 6.45) is 0.323. The average Bonchev–Trinajstić information content (AvgIpc) is 2.74. The van der Waals surface area contributed by atoms with Gasteiger partial charge in [-0.25, -0.2) is 0 Å². The number of hydrogen-bond acceptors (Lipinski definition) is 3. The first-order valence-electron chi connectivity index (χ1n) is 9.39. The van der Waals surface area contributed by atoms with Crippen LogP contribution in [0.5, 0.6) is 11.5 Å². The highest BCUT2D eigenvalue weighted by Gasteiger charge is 2.17. The lowest BCUT2D eigenvalue weighted by Gasteiger charge is -2.23. The smallest absolute Gasteiger partial charge is 0.231 e. The Hall–Kier alpha value is -3.27. The van der Waals surface area contributed by atoms with E-state index in [1.807, 2.05) is 90.7 Å². The molecule has 0 radical (unpaired) electrons. The number of carbonyl (C=O) groups excluding carboxylic acids is 1. The van der Waals surface area contributed by atoms with E-state index in [-0.39, 0.29) is 5.91 Å². The van der Waals surface area contributed by atoms with E-state index in [0.717, 1.165) is 28.3 Å².